The van der Waals surface area contributed by atoms with Crippen LogP contribution in [0.25, 0.3) is 5.69 Å². The number of carboxylic acid groups (broad SMARTS) is 1. The van der Waals surface area contributed by atoms with Crippen LogP contribution in [0.1, 0.15) is 59.9 Å². The molecule has 1 aromatic heterocycles. The Bertz CT molecular complexity index is 866. The molecular formula is C21H25N3O3. The Morgan fingerprint density at radius 1 is 1.26 bits per heavy atom. The normalized spacial score (nSPS) is 16.8. The molecule has 4 rings (SSSR count). The van der Waals surface area contributed by atoms with Gasteiger partial charge in [-0.1, -0.05) is 31.9 Å². The molecule has 6 heteroatoms. The summed E-state index contributed by atoms with van der Waals surface area (Å²) in [4.78, 5) is 24.3. The van der Waals surface area contributed by atoms with E-state index in [4.69, 9.17) is 0 Å². The second kappa shape index (κ2) is 7.18. The minimum absolute atomic E-state index is 0.370. The highest BCUT2D eigenvalue weighted by Crippen LogP contribution is 2.34. The second-order valence-corrected chi connectivity index (χ2v) is 7.60. The van der Waals surface area contributed by atoms with Gasteiger partial charge in [0.25, 0.3) is 5.91 Å². The molecule has 0 saturated heterocycles. The summed E-state index contributed by atoms with van der Waals surface area (Å²) >= 11 is 0. The largest absolute Gasteiger partial charge is 0.480 e. The summed E-state index contributed by atoms with van der Waals surface area (Å²) in [6, 6.07) is 7.37. The maximum absolute atomic E-state index is 12.8. The summed E-state index contributed by atoms with van der Waals surface area (Å²) in [6.07, 6.45) is 6.27. The lowest BCUT2D eigenvalue weighted by molar-refractivity contribution is -0.139. The fraction of sp³-hybridized carbons (Fsp3) is 0.476. The van der Waals surface area contributed by atoms with E-state index in [1.807, 2.05) is 16.8 Å². The maximum Gasteiger partial charge on any atom is 0.326 e. The Balaban J connectivity index is 1.60. The summed E-state index contributed by atoms with van der Waals surface area (Å²) in [5.74, 6) is -0.918. The van der Waals surface area contributed by atoms with E-state index in [0.29, 0.717) is 18.0 Å². The number of aromatic nitrogens is 2. The monoisotopic (exact) mass is 367 g/mol. The third-order valence-corrected chi connectivity index (χ3v) is 5.60. The van der Waals surface area contributed by atoms with Gasteiger partial charge in [-0.25, -0.2) is 9.48 Å². The molecule has 2 aliphatic rings. The van der Waals surface area contributed by atoms with Gasteiger partial charge >= 0.3 is 5.97 Å². The van der Waals surface area contributed by atoms with E-state index in [1.54, 1.807) is 0 Å². The maximum atomic E-state index is 12.8. The molecule has 0 bridgehead atoms. The number of carbonyl (C=O) groups excluding carboxylic acids is 1. The van der Waals surface area contributed by atoms with Crippen molar-refractivity contribution in [1.29, 1.82) is 0 Å². The predicted octanol–water partition coefficient (Wildman–Crippen LogP) is 2.91. The second-order valence-electron chi connectivity index (χ2n) is 7.60. The van der Waals surface area contributed by atoms with Gasteiger partial charge in [0.05, 0.1) is 5.69 Å². The number of aryl methyl sites for hydroxylation is 1. The summed E-state index contributed by atoms with van der Waals surface area (Å²) in [6.45, 7) is 2.11. The van der Waals surface area contributed by atoms with Gasteiger partial charge in [-0.15, -0.1) is 0 Å². The number of carbonyl (C=O) groups is 2. The molecule has 2 aromatic rings. The molecule has 1 fully saturated rings. The van der Waals surface area contributed by atoms with Crippen molar-refractivity contribution in [3.63, 3.8) is 0 Å². The van der Waals surface area contributed by atoms with Gasteiger partial charge in [0.15, 0.2) is 5.69 Å². The zero-order chi connectivity index (χ0) is 19.0. The number of fused-ring (bicyclic) bond motifs is 1. The number of benzene rings is 1. The lowest BCUT2D eigenvalue weighted by Crippen LogP contribution is -2.41. The highest BCUT2D eigenvalue weighted by Gasteiger charge is 2.33. The van der Waals surface area contributed by atoms with E-state index in [1.165, 1.54) is 5.56 Å². The zero-order valence-electron chi connectivity index (χ0n) is 15.6. The molecule has 1 aromatic carbocycles. The van der Waals surface area contributed by atoms with Gasteiger partial charge in [-0.05, 0) is 55.7 Å². The Morgan fingerprint density at radius 3 is 2.63 bits per heavy atom. The van der Waals surface area contributed by atoms with Crippen LogP contribution in [0.2, 0.25) is 0 Å². The molecule has 1 saturated carbocycles. The van der Waals surface area contributed by atoms with Gasteiger partial charge in [0.1, 0.15) is 6.04 Å². The van der Waals surface area contributed by atoms with Crippen molar-refractivity contribution in [1.82, 2.24) is 15.1 Å². The van der Waals surface area contributed by atoms with E-state index in [2.05, 4.69) is 29.5 Å². The number of aliphatic carboxylic acids is 1. The smallest absolute Gasteiger partial charge is 0.326 e. The van der Waals surface area contributed by atoms with Crippen molar-refractivity contribution in [3.8, 4) is 5.69 Å². The zero-order valence-corrected chi connectivity index (χ0v) is 15.6. The third-order valence-electron chi connectivity index (χ3n) is 5.60. The SMILES string of the molecule is CCc1ccc(-n2nc(C(=O)NC(CC3CC3)C(=O)O)c3c2CCC3)cc1. The van der Waals surface area contributed by atoms with Crippen molar-refractivity contribution in [2.45, 2.75) is 57.9 Å². The van der Waals surface area contributed by atoms with Gasteiger partial charge in [0, 0.05) is 11.3 Å². The van der Waals surface area contributed by atoms with Crippen molar-refractivity contribution >= 4 is 11.9 Å². The molecule has 142 valence electrons. The summed E-state index contributed by atoms with van der Waals surface area (Å²) < 4.78 is 1.85. The molecule has 1 heterocycles. The molecule has 2 aliphatic carbocycles. The summed E-state index contributed by atoms with van der Waals surface area (Å²) in [5.41, 5.74) is 4.60. The van der Waals surface area contributed by atoms with Crippen LogP contribution >= 0.6 is 0 Å². The van der Waals surface area contributed by atoms with E-state index in [-0.39, 0.29) is 5.91 Å². The van der Waals surface area contributed by atoms with E-state index >= 15 is 0 Å². The van der Waals surface area contributed by atoms with Crippen molar-refractivity contribution in [2.24, 2.45) is 5.92 Å². The fourth-order valence-electron chi connectivity index (χ4n) is 3.84. The number of amides is 1. The standard InChI is InChI=1S/C21H25N3O3/c1-2-13-8-10-15(11-9-13)24-18-5-3-4-16(18)19(23-24)20(25)22-17(21(26)27)12-14-6-7-14/h8-11,14,17H,2-7,12H2,1H3,(H,22,25)(H,26,27). The summed E-state index contributed by atoms with van der Waals surface area (Å²) in [7, 11) is 0. The van der Waals surface area contributed by atoms with Crippen LogP contribution in [0.15, 0.2) is 24.3 Å². The van der Waals surface area contributed by atoms with Gasteiger partial charge in [-0.3, -0.25) is 4.79 Å². The highest BCUT2D eigenvalue weighted by atomic mass is 16.4. The van der Waals surface area contributed by atoms with E-state index < -0.39 is 12.0 Å². The number of rotatable bonds is 7. The Labute approximate surface area is 158 Å². The minimum Gasteiger partial charge on any atom is -0.480 e. The van der Waals surface area contributed by atoms with Crippen molar-refractivity contribution in [3.05, 3.63) is 46.8 Å². The molecule has 1 atom stereocenters. The van der Waals surface area contributed by atoms with Crippen LogP contribution in [0, 0.1) is 5.92 Å². The molecule has 1 amide bonds. The van der Waals surface area contributed by atoms with Gasteiger partial charge < -0.3 is 10.4 Å². The first-order valence-electron chi connectivity index (χ1n) is 9.80. The molecular weight excluding hydrogens is 342 g/mol. The molecule has 2 N–H and O–H groups in total. The first kappa shape index (κ1) is 17.8. The molecule has 27 heavy (non-hydrogen) atoms. The van der Waals surface area contributed by atoms with Crippen LogP contribution in [-0.2, 0) is 24.1 Å². The van der Waals surface area contributed by atoms with Crippen molar-refractivity contribution in [2.75, 3.05) is 0 Å². The molecule has 0 spiro atoms. The van der Waals surface area contributed by atoms with E-state index in [9.17, 15) is 14.7 Å². The molecule has 0 radical (unpaired) electrons. The Hall–Kier alpha value is -2.63. The van der Waals surface area contributed by atoms with Crippen LogP contribution in [-0.4, -0.2) is 32.8 Å². The molecule has 0 aliphatic heterocycles. The predicted molar refractivity (Wildman–Crippen MR) is 101 cm³/mol. The fourth-order valence-corrected chi connectivity index (χ4v) is 3.84. The number of hydrogen-bond donors (Lipinski definition) is 2. The highest BCUT2D eigenvalue weighted by molar-refractivity contribution is 5.96. The van der Waals surface area contributed by atoms with Gasteiger partial charge in [0.2, 0.25) is 0 Å². The topological polar surface area (TPSA) is 84.2 Å². The first-order chi connectivity index (χ1) is 13.1. The van der Waals surface area contributed by atoms with Crippen molar-refractivity contribution < 1.29 is 14.7 Å². The number of hydrogen-bond acceptors (Lipinski definition) is 3. The average Bonchev–Trinajstić information content (AvgIpc) is 3.22. The molecule has 6 nitrogen and oxygen atoms in total. The third kappa shape index (κ3) is 3.61. The quantitative estimate of drug-likeness (QED) is 0.788. The van der Waals surface area contributed by atoms with Crippen LogP contribution in [0.3, 0.4) is 0 Å². The van der Waals surface area contributed by atoms with Crippen LogP contribution < -0.4 is 5.32 Å². The number of nitrogens with zero attached hydrogens (tertiary/aromatic N) is 2. The Morgan fingerprint density at radius 2 is 2.00 bits per heavy atom. The lowest BCUT2D eigenvalue weighted by atomic mass is 10.1. The first-order valence-corrected chi connectivity index (χ1v) is 9.80. The minimum atomic E-state index is -0.971. The summed E-state index contributed by atoms with van der Waals surface area (Å²) in [5, 5.41) is 16.7. The molecule has 1 unspecified atom stereocenters. The lowest BCUT2D eigenvalue weighted by Gasteiger charge is -2.13. The number of nitrogens with one attached hydrogen (secondary N) is 1. The Kier molecular flexibility index (Phi) is 4.72. The van der Waals surface area contributed by atoms with Crippen LogP contribution in [0.5, 0.6) is 0 Å². The van der Waals surface area contributed by atoms with E-state index in [0.717, 1.165) is 55.5 Å². The van der Waals surface area contributed by atoms with Crippen LogP contribution in [0.4, 0.5) is 0 Å². The van der Waals surface area contributed by atoms with Gasteiger partial charge in [-0.2, -0.15) is 5.10 Å². The average molecular weight is 367 g/mol. The number of carboxylic acids is 1.